The number of aldehydes is 1. The maximum atomic E-state index is 11.9. The molecule has 41 heavy (non-hydrogen) atoms. The van der Waals surface area contributed by atoms with E-state index in [-0.39, 0.29) is 46.6 Å². The molecule has 4 rings (SSSR count). The summed E-state index contributed by atoms with van der Waals surface area (Å²) in [5.74, 6) is 0.109. The van der Waals surface area contributed by atoms with Crippen molar-refractivity contribution in [1.82, 2.24) is 0 Å². The van der Waals surface area contributed by atoms with Crippen LogP contribution in [0.25, 0.3) is 6.08 Å². The number of carbonyl (C=O) groups excluding carboxylic acids is 3. The monoisotopic (exact) mass is 818 g/mol. The summed E-state index contributed by atoms with van der Waals surface area (Å²) in [6.45, 7) is 1.56. The number of carbonyl (C=O) groups is 3. The Morgan fingerprint density at radius 3 is 1.24 bits per heavy atom. The Morgan fingerprint density at radius 1 is 0.585 bits per heavy atom. The molecule has 0 aromatic heterocycles. The van der Waals surface area contributed by atoms with Gasteiger partial charge in [-0.3, -0.25) is 14.4 Å². The van der Waals surface area contributed by atoms with Gasteiger partial charge in [0.15, 0.2) is 11.6 Å². The average molecular weight is 822 g/mol. The molecule has 0 fully saturated rings. The topological polar surface area (TPSA) is 101 Å². The molecule has 0 amide bonds. The quantitative estimate of drug-likeness (QED) is 0.108. The van der Waals surface area contributed by atoms with Crippen molar-refractivity contribution >= 4 is 87.6 Å². The Kier molecular flexibility index (Phi) is 24.3. The van der Waals surface area contributed by atoms with Crippen molar-refractivity contribution in [3.05, 3.63) is 143 Å². The van der Waals surface area contributed by atoms with Crippen molar-refractivity contribution in [1.29, 1.82) is 0 Å². The van der Waals surface area contributed by atoms with Crippen LogP contribution in [0.1, 0.15) is 43.6 Å². The fourth-order valence-electron chi connectivity index (χ4n) is 2.68. The summed E-state index contributed by atoms with van der Waals surface area (Å²) in [6.07, 6.45) is 4.23. The number of benzene rings is 4. The largest absolute Gasteiger partial charge is 1.00 e. The zero-order valence-corrected chi connectivity index (χ0v) is 30.9. The third kappa shape index (κ3) is 17.9. The van der Waals surface area contributed by atoms with Crippen LogP contribution in [-0.2, 0) is 0 Å². The summed E-state index contributed by atoms with van der Waals surface area (Å²) >= 11 is 13.3. The van der Waals surface area contributed by atoms with Gasteiger partial charge >= 0.3 is 29.6 Å². The van der Waals surface area contributed by atoms with Crippen molar-refractivity contribution in [3.8, 4) is 0 Å². The summed E-state index contributed by atoms with van der Waals surface area (Å²) in [4.78, 5) is 32.7. The molecule has 0 heterocycles. The van der Waals surface area contributed by atoms with Gasteiger partial charge in [0, 0.05) is 41.7 Å². The number of rotatable bonds is 5. The summed E-state index contributed by atoms with van der Waals surface area (Å²) in [5, 5.41) is 7.00. The van der Waals surface area contributed by atoms with Crippen LogP contribution in [0, 0.1) is 0 Å². The molecule has 0 radical (unpaired) electrons. The molecular formula is C31H27Br4NaO5. The van der Waals surface area contributed by atoms with Gasteiger partial charge in [0.25, 0.3) is 0 Å². The molecule has 210 valence electrons. The number of Topliss-reactive ketones (excluding diaryl/α,β-unsaturated/α-hetero) is 1. The number of halogens is 4. The first-order valence-electron chi connectivity index (χ1n) is 11.3. The van der Waals surface area contributed by atoms with Gasteiger partial charge < -0.3 is 10.6 Å². The molecule has 4 aromatic carbocycles. The average Bonchev–Trinajstić information content (AvgIpc) is 2.95. The van der Waals surface area contributed by atoms with Crippen LogP contribution in [0.3, 0.4) is 0 Å². The van der Waals surface area contributed by atoms with Crippen LogP contribution in [0.15, 0.2) is 121 Å². The molecule has 0 aliphatic rings. The van der Waals surface area contributed by atoms with E-state index in [1.807, 2.05) is 66.7 Å². The number of hydrogen-bond donors (Lipinski definition) is 1. The smallest absolute Gasteiger partial charge is 0.870 e. The van der Waals surface area contributed by atoms with Crippen molar-refractivity contribution < 1.29 is 54.5 Å². The van der Waals surface area contributed by atoms with Gasteiger partial charge in [-0.25, -0.2) is 0 Å². The van der Waals surface area contributed by atoms with E-state index in [1.54, 1.807) is 49.4 Å². The van der Waals surface area contributed by atoms with E-state index in [9.17, 15) is 14.4 Å². The molecule has 4 aromatic rings. The minimum absolute atomic E-state index is 0. The molecular weight excluding hydrogens is 795 g/mol. The fraction of sp³-hybridized carbons (Fsp3) is 0.0645. The third-order valence-corrected chi connectivity index (χ3v) is 6.80. The Bertz CT molecular complexity index is 1340. The standard InChI is InChI=1S/C15H10Br2O.C8H7BrO.C7H5BrO.CH4O.Na.H2O/c16-13-6-1-11(2-7-13)3-10-15(18)12-4-8-14(17)9-5-12;1-6(10)7-2-4-8(9)5-3-7;8-7-3-1-6(5-9)2-4-7;1-2;;/h1-10H;2-5H,1H3;1-5H;2H,1H3;;1H2/q;;;;+1;/p-1/b10-3+;;;;;. The van der Waals surface area contributed by atoms with E-state index in [4.69, 9.17) is 5.11 Å². The minimum atomic E-state index is 0. The van der Waals surface area contributed by atoms with Crippen LogP contribution in [0.5, 0.6) is 0 Å². The van der Waals surface area contributed by atoms with Crippen molar-refractivity contribution in [2.75, 3.05) is 7.11 Å². The summed E-state index contributed by atoms with van der Waals surface area (Å²) < 4.78 is 3.99. The summed E-state index contributed by atoms with van der Waals surface area (Å²) in [5.41, 5.74) is 3.15. The second-order valence-electron chi connectivity index (χ2n) is 7.49. The minimum Gasteiger partial charge on any atom is -0.870 e. The molecule has 0 saturated carbocycles. The number of ketones is 2. The fourth-order valence-corrected chi connectivity index (χ4v) is 3.74. The Labute approximate surface area is 296 Å². The Morgan fingerprint density at radius 2 is 0.902 bits per heavy atom. The predicted octanol–water partition coefficient (Wildman–Crippen LogP) is 6.46. The van der Waals surface area contributed by atoms with E-state index in [0.29, 0.717) is 11.1 Å². The maximum Gasteiger partial charge on any atom is 1.00 e. The van der Waals surface area contributed by atoms with Gasteiger partial charge in [0.05, 0.1) is 0 Å². The first-order valence-corrected chi connectivity index (χ1v) is 14.5. The number of allylic oxidation sites excluding steroid dienone is 1. The van der Waals surface area contributed by atoms with Gasteiger partial charge in [0.1, 0.15) is 6.29 Å². The van der Waals surface area contributed by atoms with Crippen LogP contribution in [0.4, 0.5) is 0 Å². The molecule has 0 aliphatic carbocycles. The SMILES string of the molecule is CC(=O)c1ccc(Br)cc1.CO.O=C(/C=C/c1ccc(Br)cc1)c1ccc(Br)cc1.O=Cc1ccc(Br)cc1.[Na+].[OH-]. The molecule has 0 atom stereocenters. The summed E-state index contributed by atoms with van der Waals surface area (Å²) in [7, 11) is 1.00. The van der Waals surface area contributed by atoms with Crippen molar-refractivity contribution in [3.63, 3.8) is 0 Å². The molecule has 0 aliphatic heterocycles. The number of hydrogen-bond acceptors (Lipinski definition) is 5. The number of aliphatic hydroxyl groups is 1. The van der Waals surface area contributed by atoms with E-state index < -0.39 is 0 Å². The molecule has 0 saturated heterocycles. The molecule has 2 N–H and O–H groups in total. The predicted molar refractivity (Wildman–Crippen MR) is 175 cm³/mol. The normalized spacial score (nSPS) is 9.15. The van der Waals surface area contributed by atoms with Crippen LogP contribution in [-0.4, -0.2) is 35.5 Å². The molecule has 0 bridgehead atoms. The van der Waals surface area contributed by atoms with Gasteiger partial charge in [-0.1, -0.05) is 106 Å². The molecule has 0 unspecified atom stereocenters. The van der Waals surface area contributed by atoms with Crippen LogP contribution >= 0.6 is 63.7 Å². The number of aliphatic hydroxyl groups excluding tert-OH is 1. The zero-order chi connectivity index (χ0) is 29.2. The van der Waals surface area contributed by atoms with E-state index in [1.165, 1.54) is 0 Å². The van der Waals surface area contributed by atoms with Gasteiger partial charge in [-0.05, 0) is 79.2 Å². The van der Waals surface area contributed by atoms with E-state index >= 15 is 0 Å². The van der Waals surface area contributed by atoms with Crippen LogP contribution < -0.4 is 29.6 Å². The van der Waals surface area contributed by atoms with E-state index in [0.717, 1.165) is 42.4 Å². The molecule has 10 heteroatoms. The first kappa shape index (κ1) is 41.6. The molecule has 0 spiro atoms. The van der Waals surface area contributed by atoms with Gasteiger partial charge in [-0.15, -0.1) is 0 Å². The second kappa shape index (κ2) is 24.0. The van der Waals surface area contributed by atoms with Gasteiger partial charge in [0.2, 0.25) is 0 Å². The Balaban J connectivity index is 0. The van der Waals surface area contributed by atoms with Gasteiger partial charge in [-0.2, -0.15) is 0 Å². The summed E-state index contributed by atoms with van der Waals surface area (Å²) in [6, 6.07) is 29.6. The molecule has 5 nitrogen and oxygen atoms in total. The van der Waals surface area contributed by atoms with Crippen molar-refractivity contribution in [2.45, 2.75) is 6.92 Å². The maximum absolute atomic E-state index is 11.9. The van der Waals surface area contributed by atoms with Crippen LogP contribution in [0.2, 0.25) is 0 Å². The van der Waals surface area contributed by atoms with Crippen molar-refractivity contribution in [2.24, 2.45) is 0 Å². The second-order valence-corrected chi connectivity index (χ2v) is 11.2. The zero-order valence-electron chi connectivity index (χ0n) is 22.6. The third-order valence-electron chi connectivity index (χ3n) is 4.68. The van der Waals surface area contributed by atoms with E-state index in [2.05, 4.69) is 63.7 Å². The first-order chi connectivity index (χ1) is 18.7. The Hall–Kier alpha value is -1.53.